The first-order valence-corrected chi connectivity index (χ1v) is 5.41. The van der Waals surface area contributed by atoms with E-state index in [9.17, 15) is 24.7 Å². The maximum absolute atomic E-state index is 13.2. The lowest BCUT2D eigenvalue weighted by Gasteiger charge is -2.17. The highest BCUT2D eigenvalue weighted by Crippen LogP contribution is 2.24. The number of aliphatic hydroxyl groups excluding tert-OH is 2. The van der Waals surface area contributed by atoms with Crippen molar-refractivity contribution in [1.29, 1.82) is 0 Å². The molecule has 0 amide bonds. The highest BCUT2D eigenvalue weighted by molar-refractivity contribution is 5.36. The van der Waals surface area contributed by atoms with Crippen LogP contribution >= 0.6 is 0 Å². The standard InChI is InChI=1S/C11H15FN2O4/c1-13-3-2-10(15)11(16)7-4-8(12)6-9(5-7)14(17)18/h4-6,10-11,13,15-16H,2-3H2,1H3. The van der Waals surface area contributed by atoms with Crippen LogP contribution in [0.4, 0.5) is 10.1 Å². The number of halogens is 1. The number of nitrogens with one attached hydrogen (secondary N) is 1. The number of benzene rings is 1. The number of hydrogen-bond donors (Lipinski definition) is 3. The van der Waals surface area contributed by atoms with E-state index in [1.165, 1.54) is 0 Å². The van der Waals surface area contributed by atoms with E-state index >= 15 is 0 Å². The molecule has 1 aromatic rings. The fraction of sp³-hybridized carbons (Fsp3) is 0.455. The van der Waals surface area contributed by atoms with E-state index in [-0.39, 0.29) is 12.0 Å². The van der Waals surface area contributed by atoms with Gasteiger partial charge in [-0.1, -0.05) is 0 Å². The summed E-state index contributed by atoms with van der Waals surface area (Å²) in [5, 5.41) is 32.8. The second kappa shape index (κ2) is 6.39. The van der Waals surface area contributed by atoms with Crippen LogP contribution in [-0.4, -0.2) is 34.8 Å². The SMILES string of the molecule is CNCCC(O)C(O)c1cc(F)cc([N+](=O)[O-])c1. The normalized spacial score (nSPS) is 14.2. The third-order valence-electron chi connectivity index (χ3n) is 2.51. The molecule has 6 nitrogen and oxygen atoms in total. The van der Waals surface area contributed by atoms with E-state index in [4.69, 9.17) is 0 Å². The molecule has 18 heavy (non-hydrogen) atoms. The van der Waals surface area contributed by atoms with Crippen molar-refractivity contribution < 1.29 is 19.5 Å². The molecule has 0 heterocycles. The number of non-ortho nitro benzene ring substituents is 1. The Labute approximate surface area is 103 Å². The average Bonchev–Trinajstić information content (AvgIpc) is 2.34. The molecule has 1 aromatic carbocycles. The Morgan fingerprint density at radius 3 is 2.67 bits per heavy atom. The summed E-state index contributed by atoms with van der Waals surface area (Å²) in [6.07, 6.45) is -2.21. The summed E-state index contributed by atoms with van der Waals surface area (Å²) in [7, 11) is 1.69. The largest absolute Gasteiger partial charge is 0.390 e. The Morgan fingerprint density at radius 2 is 2.11 bits per heavy atom. The molecule has 7 heteroatoms. The van der Waals surface area contributed by atoms with Crippen molar-refractivity contribution in [3.63, 3.8) is 0 Å². The van der Waals surface area contributed by atoms with E-state index in [0.29, 0.717) is 6.54 Å². The zero-order valence-corrected chi connectivity index (χ0v) is 9.84. The van der Waals surface area contributed by atoms with Gasteiger partial charge < -0.3 is 15.5 Å². The Hall–Kier alpha value is -1.57. The number of nitro groups is 1. The average molecular weight is 258 g/mol. The summed E-state index contributed by atoms with van der Waals surface area (Å²) in [4.78, 5) is 9.80. The van der Waals surface area contributed by atoms with E-state index in [1.54, 1.807) is 7.05 Å². The second-order valence-electron chi connectivity index (χ2n) is 3.90. The molecule has 0 saturated heterocycles. The molecule has 0 saturated carbocycles. The first kappa shape index (κ1) is 14.5. The van der Waals surface area contributed by atoms with Crippen molar-refractivity contribution in [1.82, 2.24) is 5.32 Å². The lowest BCUT2D eigenvalue weighted by atomic mass is 10.0. The number of nitro benzene ring substituents is 1. The van der Waals surface area contributed by atoms with E-state index in [2.05, 4.69) is 5.32 Å². The summed E-state index contributed by atoms with van der Waals surface area (Å²) in [6.45, 7) is 0.468. The zero-order chi connectivity index (χ0) is 13.7. The van der Waals surface area contributed by atoms with E-state index < -0.39 is 28.6 Å². The molecule has 0 fully saturated rings. The van der Waals surface area contributed by atoms with Crippen LogP contribution in [-0.2, 0) is 0 Å². The van der Waals surface area contributed by atoms with Gasteiger partial charge in [0.25, 0.3) is 5.69 Å². The minimum Gasteiger partial charge on any atom is -0.390 e. The Bertz CT molecular complexity index is 428. The fourth-order valence-electron chi connectivity index (χ4n) is 1.54. The van der Waals surface area contributed by atoms with Gasteiger partial charge in [0, 0.05) is 6.07 Å². The van der Waals surface area contributed by atoms with Crippen LogP contribution in [0.15, 0.2) is 18.2 Å². The van der Waals surface area contributed by atoms with Crippen molar-refractivity contribution in [3.05, 3.63) is 39.7 Å². The summed E-state index contributed by atoms with van der Waals surface area (Å²) < 4.78 is 13.2. The first-order valence-electron chi connectivity index (χ1n) is 5.41. The van der Waals surface area contributed by atoms with Crippen LogP contribution in [0, 0.1) is 15.9 Å². The van der Waals surface area contributed by atoms with Crippen LogP contribution in [0.1, 0.15) is 18.1 Å². The van der Waals surface area contributed by atoms with Crippen molar-refractivity contribution in [2.75, 3.05) is 13.6 Å². The van der Waals surface area contributed by atoms with Crippen molar-refractivity contribution >= 4 is 5.69 Å². The number of hydrogen-bond acceptors (Lipinski definition) is 5. The van der Waals surface area contributed by atoms with Crippen molar-refractivity contribution in [2.24, 2.45) is 0 Å². The molecular formula is C11H15FN2O4. The highest BCUT2D eigenvalue weighted by Gasteiger charge is 2.21. The Kier molecular flexibility index (Phi) is 5.14. The summed E-state index contributed by atoms with van der Waals surface area (Å²) >= 11 is 0. The lowest BCUT2D eigenvalue weighted by Crippen LogP contribution is -2.23. The van der Waals surface area contributed by atoms with Gasteiger partial charge in [0.2, 0.25) is 0 Å². The third kappa shape index (κ3) is 3.73. The number of nitrogens with zero attached hydrogens (tertiary/aromatic N) is 1. The van der Waals surface area contributed by atoms with Gasteiger partial charge in [-0.15, -0.1) is 0 Å². The zero-order valence-electron chi connectivity index (χ0n) is 9.84. The summed E-state index contributed by atoms with van der Waals surface area (Å²) in [5.41, 5.74) is -0.463. The van der Waals surface area contributed by atoms with Gasteiger partial charge in [-0.05, 0) is 31.6 Å². The molecule has 2 unspecified atom stereocenters. The van der Waals surface area contributed by atoms with Gasteiger partial charge in [-0.3, -0.25) is 10.1 Å². The second-order valence-corrected chi connectivity index (χ2v) is 3.90. The van der Waals surface area contributed by atoms with Crippen LogP contribution in [0.5, 0.6) is 0 Å². The van der Waals surface area contributed by atoms with Gasteiger partial charge in [-0.25, -0.2) is 4.39 Å². The van der Waals surface area contributed by atoms with Gasteiger partial charge in [-0.2, -0.15) is 0 Å². The molecule has 0 spiro atoms. The predicted octanol–water partition coefficient (Wildman–Crippen LogP) is 0.738. The van der Waals surface area contributed by atoms with Gasteiger partial charge in [0.15, 0.2) is 0 Å². The molecule has 0 bridgehead atoms. The maximum Gasteiger partial charge on any atom is 0.272 e. The van der Waals surface area contributed by atoms with Gasteiger partial charge in [0.05, 0.1) is 17.1 Å². The van der Waals surface area contributed by atoms with Crippen LogP contribution in [0.25, 0.3) is 0 Å². The molecular weight excluding hydrogens is 243 g/mol. The molecule has 2 atom stereocenters. The first-order chi connectivity index (χ1) is 8.45. The van der Waals surface area contributed by atoms with Gasteiger partial charge >= 0.3 is 0 Å². The molecule has 100 valence electrons. The quantitative estimate of drug-likeness (QED) is 0.516. The van der Waals surface area contributed by atoms with E-state index in [0.717, 1.165) is 18.2 Å². The number of rotatable bonds is 6. The molecule has 3 N–H and O–H groups in total. The van der Waals surface area contributed by atoms with Crippen molar-refractivity contribution in [2.45, 2.75) is 18.6 Å². The smallest absolute Gasteiger partial charge is 0.272 e. The lowest BCUT2D eigenvalue weighted by molar-refractivity contribution is -0.385. The third-order valence-corrected chi connectivity index (χ3v) is 2.51. The van der Waals surface area contributed by atoms with Gasteiger partial charge in [0.1, 0.15) is 11.9 Å². The monoisotopic (exact) mass is 258 g/mol. The summed E-state index contributed by atoms with van der Waals surface area (Å²) in [5.74, 6) is -0.820. The minimum atomic E-state index is -1.35. The van der Waals surface area contributed by atoms with Crippen LogP contribution < -0.4 is 5.32 Å². The molecule has 1 rings (SSSR count). The molecule has 0 radical (unpaired) electrons. The van der Waals surface area contributed by atoms with Crippen LogP contribution in [0.3, 0.4) is 0 Å². The topological polar surface area (TPSA) is 95.6 Å². The van der Waals surface area contributed by atoms with E-state index in [1.807, 2.05) is 0 Å². The fourth-order valence-corrected chi connectivity index (χ4v) is 1.54. The molecule has 0 aromatic heterocycles. The highest BCUT2D eigenvalue weighted by atomic mass is 19.1. The molecule has 0 aliphatic rings. The van der Waals surface area contributed by atoms with Crippen LogP contribution in [0.2, 0.25) is 0 Å². The predicted molar refractivity (Wildman–Crippen MR) is 62.6 cm³/mol. The summed E-state index contributed by atoms with van der Waals surface area (Å²) in [6, 6.07) is 2.78. The molecule has 0 aliphatic carbocycles. The maximum atomic E-state index is 13.2. The minimum absolute atomic E-state index is 0.00898. The Balaban J connectivity index is 2.91. The Morgan fingerprint density at radius 1 is 1.44 bits per heavy atom. The van der Waals surface area contributed by atoms with Crippen molar-refractivity contribution in [3.8, 4) is 0 Å². The number of aliphatic hydroxyl groups is 2. The molecule has 0 aliphatic heterocycles.